The van der Waals surface area contributed by atoms with Crippen LogP contribution in [0.2, 0.25) is 0 Å². The zero-order valence-corrected chi connectivity index (χ0v) is 24.3. The zero-order valence-electron chi connectivity index (χ0n) is 21.9. The Morgan fingerprint density at radius 3 is 1.66 bits per heavy atom. The average Bonchev–Trinajstić information content (AvgIpc) is 3.51. The minimum atomic E-state index is -2.68. The number of hydrogen-bond donors (Lipinski definition) is 0. The van der Waals surface area contributed by atoms with E-state index in [4.69, 9.17) is 0 Å². The van der Waals surface area contributed by atoms with Gasteiger partial charge in [-0.05, 0) is 0 Å². The summed E-state index contributed by atoms with van der Waals surface area (Å²) in [6.07, 6.45) is 4.94. The molecule has 182 valence electrons. The van der Waals surface area contributed by atoms with E-state index >= 15 is 0 Å². The summed E-state index contributed by atoms with van der Waals surface area (Å²) >= 11 is -2.68. The van der Waals surface area contributed by atoms with Crippen molar-refractivity contribution in [1.82, 2.24) is 0 Å². The molecule has 5 aromatic carbocycles. The Kier molecular flexibility index (Phi) is 6.06. The summed E-state index contributed by atoms with van der Waals surface area (Å²) in [5.74, 6) is 0. The van der Waals surface area contributed by atoms with E-state index in [0.29, 0.717) is 7.25 Å². The molecule has 0 N–H and O–H groups in total. The molecule has 2 aliphatic rings. The summed E-state index contributed by atoms with van der Waals surface area (Å²) in [5.41, 5.74) is 14.3. The number of aryl methyl sites for hydroxylation is 2. The van der Waals surface area contributed by atoms with Gasteiger partial charge >= 0.3 is 235 Å². The second-order valence-corrected chi connectivity index (χ2v) is 17.1. The van der Waals surface area contributed by atoms with Gasteiger partial charge in [-0.1, -0.05) is 0 Å². The van der Waals surface area contributed by atoms with Gasteiger partial charge in [0.25, 0.3) is 0 Å². The summed E-state index contributed by atoms with van der Waals surface area (Å²) < 4.78 is 2.53. The van der Waals surface area contributed by atoms with Gasteiger partial charge < -0.3 is 0 Å². The van der Waals surface area contributed by atoms with Crippen LogP contribution in [0.4, 0.5) is 0 Å². The minimum absolute atomic E-state index is 0.443. The van der Waals surface area contributed by atoms with Crippen molar-refractivity contribution in [1.29, 1.82) is 0 Å². The van der Waals surface area contributed by atoms with Crippen molar-refractivity contribution in [2.45, 2.75) is 21.1 Å². The van der Waals surface area contributed by atoms with Gasteiger partial charge in [0.15, 0.2) is 0 Å². The van der Waals surface area contributed by atoms with Crippen molar-refractivity contribution in [3.63, 3.8) is 0 Å². The van der Waals surface area contributed by atoms with Crippen LogP contribution in [0, 0.1) is 13.8 Å². The molecule has 7 rings (SSSR count). The van der Waals surface area contributed by atoms with Gasteiger partial charge in [0.2, 0.25) is 0 Å². The molecule has 0 radical (unpaired) electrons. The van der Waals surface area contributed by atoms with Crippen molar-refractivity contribution in [3.05, 3.63) is 172 Å². The van der Waals surface area contributed by atoms with Gasteiger partial charge in [-0.3, -0.25) is 0 Å². The molecular weight excluding hydrogens is 536 g/mol. The molecule has 0 nitrogen and oxygen atoms in total. The Morgan fingerprint density at radius 2 is 1.08 bits per heavy atom. The standard InChI is InChI=1S/C15H13.C13H10.C9H7.Zr/c1-10-3-5-14-12(7-10)9-13-8-11(2)4-6-15(13)14;1-3-7-12(8-4-1)11-13-9-5-2-6-10-13;1-2-5-9-7-3-6-8(9)4-1;/h3-9H,1-2H3;1-10H;1-7H;. The van der Waals surface area contributed by atoms with E-state index in [2.05, 4.69) is 147 Å². The molecule has 1 atom stereocenters. The Morgan fingerprint density at radius 1 is 0.553 bits per heavy atom. The van der Waals surface area contributed by atoms with Crippen LogP contribution in [0.15, 0.2) is 127 Å². The van der Waals surface area contributed by atoms with E-state index in [1.165, 1.54) is 44.5 Å². The van der Waals surface area contributed by atoms with Crippen LogP contribution in [0.5, 0.6) is 0 Å². The summed E-state index contributed by atoms with van der Waals surface area (Å²) in [4.78, 5) is 0. The van der Waals surface area contributed by atoms with Gasteiger partial charge in [0, 0.05) is 0 Å². The Bertz CT molecular complexity index is 1630. The number of hydrogen-bond acceptors (Lipinski definition) is 0. The first-order valence-electron chi connectivity index (χ1n) is 13.5. The molecule has 5 aromatic rings. The van der Waals surface area contributed by atoms with Gasteiger partial charge in [-0.2, -0.15) is 0 Å². The molecule has 0 fully saturated rings. The van der Waals surface area contributed by atoms with Crippen LogP contribution < -0.4 is 0 Å². The third-order valence-electron chi connectivity index (χ3n) is 8.19. The van der Waals surface area contributed by atoms with E-state index in [1.54, 1.807) is 14.3 Å². The topological polar surface area (TPSA) is 0 Å². The monoisotopic (exact) mass is 564 g/mol. The van der Waals surface area contributed by atoms with Crippen LogP contribution in [0.25, 0.3) is 17.2 Å². The van der Waals surface area contributed by atoms with E-state index in [9.17, 15) is 0 Å². The molecule has 1 unspecified atom stereocenters. The van der Waals surface area contributed by atoms with Gasteiger partial charge in [-0.25, -0.2) is 0 Å². The second-order valence-electron chi connectivity index (χ2n) is 10.6. The molecule has 0 saturated heterocycles. The van der Waals surface area contributed by atoms with Crippen LogP contribution >= 0.6 is 0 Å². The van der Waals surface area contributed by atoms with E-state index in [1.807, 2.05) is 0 Å². The van der Waals surface area contributed by atoms with Crippen LogP contribution in [-0.2, 0) is 21.3 Å². The van der Waals surface area contributed by atoms with Gasteiger partial charge in [0.05, 0.1) is 0 Å². The van der Waals surface area contributed by atoms with Crippen molar-refractivity contribution < 1.29 is 21.3 Å². The third-order valence-corrected chi connectivity index (χ3v) is 17.0. The zero-order chi connectivity index (χ0) is 25.6. The van der Waals surface area contributed by atoms with Crippen molar-refractivity contribution in [3.8, 4) is 11.1 Å². The predicted octanol–water partition coefficient (Wildman–Crippen LogP) is 9.03. The summed E-state index contributed by atoms with van der Waals surface area (Å²) in [7, 11) is 0. The maximum absolute atomic E-state index is 2.68. The molecule has 38 heavy (non-hydrogen) atoms. The number of benzene rings is 5. The number of allylic oxidation sites excluding steroid dienone is 1. The number of fused-ring (bicyclic) bond motifs is 4. The molecule has 0 spiro atoms. The Hall–Kier alpha value is -3.41. The quantitative estimate of drug-likeness (QED) is 0.204. The fourth-order valence-electron chi connectivity index (χ4n) is 6.54. The molecule has 0 amide bonds. The Balaban J connectivity index is 1.62. The molecule has 0 bridgehead atoms. The van der Waals surface area contributed by atoms with E-state index in [0.717, 1.165) is 0 Å². The number of rotatable bonds is 4. The summed E-state index contributed by atoms with van der Waals surface area (Å²) in [6, 6.07) is 45.9. The average molecular weight is 566 g/mol. The van der Waals surface area contributed by atoms with Crippen LogP contribution in [0.1, 0.15) is 51.8 Å². The van der Waals surface area contributed by atoms with Crippen LogP contribution in [0.3, 0.4) is 0 Å². The third kappa shape index (κ3) is 3.96. The first-order valence-corrected chi connectivity index (χ1v) is 17.6. The SMILES string of the molecule is Cc1ccc2c(c1)[CH]([Zr](=[C](c1ccccc1)c1ccccc1)[CH]1C=Cc3ccccc31)c1cc(C)ccc1-2. The fourth-order valence-corrected chi connectivity index (χ4v) is 16.4. The normalized spacial score (nSPS) is 15.2. The summed E-state index contributed by atoms with van der Waals surface area (Å²) in [6.45, 7) is 4.50. The first-order chi connectivity index (χ1) is 18.7. The molecule has 1 heteroatoms. The van der Waals surface area contributed by atoms with Gasteiger partial charge in [0.1, 0.15) is 0 Å². The van der Waals surface area contributed by atoms with Crippen molar-refractivity contribution >= 4 is 9.28 Å². The molecule has 0 saturated carbocycles. The van der Waals surface area contributed by atoms with Crippen molar-refractivity contribution in [2.75, 3.05) is 0 Å². The van der Waals surface area contributed by atoms with Crippen LogP contribution in [-0.4, -0.2) is 3.21 Å². The molecule has 0 aromatic heterocycles. The molecule has 0 heterocycles. The molecule has 0 aliphatic heterocycles. The Labute approximate surface area is 233 Å². The molecular formula is C37H30Zr. The van der Waals surface area contributed by atoms with E-state index in [-0.39, 0.29) is 0 Å². The van der Waals surface area contributed by atoms with Crippen molar-refractivity contribution in [2.24, 2.45) is 0 Å². The fraction of sp³-hybridized carbons (Fsp3) is 0.108. The van der Waals surface area contributed by atoms with Gasteiger partial charge in [-0.15, -0.1) is 0 Å². The first kappa shape index (κ1) is 23.7. The maximum atomic E-state index is 2.55. The predicted molar refractivity (Wildman–Crippen MR) is 158 cm³/mol. The summed E-state index contributed by atoms with van der Waals surface area (Å²) in [5, 5.41) is 0. The van der Waals surface area contributed by atoms with E-state index < -0.39 is 21.3 Å². The second kappa shape index (κ2) is 9.72. The molecule has 2 aliphatic carbocycles.